The molecule has 1 amide bonds. The Morgan fingerprint density at radius 3 is 2.30 bits per heavy atom. The number of rotatable bonds is 6. The molecule has 0 aliphatic heterocycles. The third kappa shape index (κ3) is 5.24. The first-order valence-corrected chi connectivity index (χ1v) is 7.54. The van der Waals surface area contributed by atoms with Crippen LogP contribution in [-0.2, 0) is 15.0 Å². The summed E-state index contributed by atoms with van der Waals surface area (Å²) >= 11 is 0. The highest BCUT2D eigenvalue weighted by molar-refractivity contribution is 7.87. The Kier molecular flexibility index (Phi) is 5.61. The van der Waals surface area contributed by atoms with Gasteiger partial charge in [-0.25, -0.2) is 4.39 Å². The summed E-state index contributed by atoms with van der Waals surface area (Å²) in [6.07, 6.45) is 0. The second-order valence-corrected chi connectivity index (χ2v) is 6.06. The number of hydrogen-bond donors (Lipinski definition) is 3. The highest BCUT2D eigenvalue weighted by Crippen LogP contribution is 2.12. The first-order chi connectivity index (χ1) is 9.21. The van der Waals surface area contributed by atoms with Crippen molar-refractivity contribution in [3.05, 3.63) is 30.1 Å². The molecule has 0 saturated heterocycles. The number of benzene rings is 1. The molecule has 20 heavy (non-hydrogen) atoms. The maximum absolute atomic E-state index is 13.4. The number of anilines is 1. The number of nitrogens with one attached hydrogen (secondary N) is 3. The van der Waals surface area contributed by atoms with E-state index < -0.39 is 28.0 Å². The molecule has 3 N–H and O–H groups in total. The Bertz CT molecular complexity index is 575. The topological polar surface area (TPSA) is 87.3 Å². The molecule has 0 bridgehead atoms. The van der Waals surface area contributed by atoms with Gasteiger partial charge in [-0.05, 0) is 32.9 Å². The number of para-hydroxylation sites is 1. The van der Waals surface area contributed by atoms with Gasteiger partial charge in [0.2, 0.25) is 5.91 Å². The third-order valence-corrected chi connectivity index (χ3v) is 3.69. The van der Waals surface area contributed by atoms with Crippen LogP contribution in [0.1, 0.15) is 20.8 Å². The first kappa shape index (κ1) is 16.5. The van der Waals surface area contributed by atoms with Crippen molar-refractivity contribution in [2.24, 2.45) is 0 Å². The summed E-state index contributed by atoms with van der Waals surface area (Å²) < 4.78 is 41.0. The fourth-order valence-corrected chi connectivity index (χ4v) is 2.70. The average Bonchev–Trinajstić information content (AvgIpc) is 2.29. The van der Waals surface area contributed by atoms with Crippen LogP contribution in [-0.4, -0.2) is 26.4 Å². The summed E-state index contributed by atoms with van der Waals surface area (Å²) in [5, 5.41) is 2.32. The second-order valence-electron chi connectivity index (χ2n) is 4.58. The van der Waals surface area contributed by atoms with Crippen LogP contribution in [0.25, 0.3) is 0 Å². The van der Waals surface area contributed by atoms with Gasteiger partial charge < -0.3 is 5.32 Å². The van der Waals surface area contributed by atoms with Crippen molar-refractivity contribution in [2.75, 3.05) is 5.32 Å². The molecule has 1 aromatic rings. The molecule has 1 aromatic carbocycles. The van der Waals surface area contributed by atoms with Crippen LogP contribution >= 0.6 is 0 Å². The lowest BCUT2D eigenvalue weighted by Crippen LogP contribution is -2.48. The van der Waals surface area contributed by atoms with Crippen LogP contribution in [0.4, 0.5) is 10.1 Å². The summed E-state index contributed by atoms with van der Waals surface area (Å²) in [5.74, 6) is -1.24. The van der Waals surface area contributed by atoms with Crippen molar-refractivity contribution in [3.8, 4) is 0 Å². The summed E-state index contributed by atoms with van der Waals surface area (Å²) in [5.41, 5.74) is 0.000340. The average molecular weight is 303 g/mol. The predicted molar refractivity (Wildman–Crippen MR) is 74.8 cm³/mol. The zero-order valence-corrected chi connectivity index (χ0v) is 12.3. The van der Waals surface area contributed by atoms with Crippen LogP contribution in [0.15, 0.2) is 24.3 Å². The van der Waals surface area contributed by atoms with Gasteiger partial charge >= 0.3 is 0 Å². The van der Waals surface area contributed by atoms with E-state index in [2.05, 4.69) is 14.8 Å². The molecule has 1 rings (SSSR count). The first-order valence-electron chi connectivity index (χ1n) is 6.06. The maximum atomic E-state index is 13.4. The SMILES string of the molecule is CC(C)NS(=O)(=O)NC(C)C(=O)Nc1ccccc1F. The van der Waals surface area contributed by atoms with Gasteiger partial charge in [-0.15, -0.1) is 0 Å². The van der Waals surface area contributed by atoms with E-state index in [1.165, 1.54) is 25.1 Å². The molecular formula is C12H18FN3O3S. The van der Waals surface area contributed by atoms with Gasteiger partial charge in [-0.2, -0.15) is 17.9 Å². The van der Waals surface area contributed by atoms with E-state index >= 15 is 0 Å². The zero-order valence-electron chi connectivity index (χ0n) is 11.5. The lowest BCUT2D eigenvalue weighted by molar-refractivity contribution is -0.117. The number of hydrogen-bond acceptors (Lipinski definition) is 3. The van der Waals surface area contributed by atoms with Gasteiger partial charge in [0.05, 0.1) is 11.7 Å². The Balaban J connectivity index is 2.67. The molecule has 1 unspecified atom stereocenters. The van der Waals surface area contributed by atoms with Crippen molar-refractivity contribution in [1.82, 2.24) is 9.44 Å². The molecular weight excluding hydrogens is 285 g/mol. The zero-order chi connectivity index (χ0) is 15.3. The minimum Gasteiger partial charge on any atom is -0.322 e. The molecule has 0 fully saturated rings. The highest BCUT2D eigenvalue weighted by Gasteiger charge is 2.21. The van der Waals surface area contributed by atoms with Crippen molar-refractivity contribution < 1.29 is 17.6 Å². The van der Waals surface area contributed by atoms with Crippen molar-refractivity contribution in [3.63, 3.8) is 0 Å². The van der Waals surface area contributed by atoms with E-state index in [0.717, 1.165) is 0 Å². The van der Waals surface area contributed by atoms with Gasteiger partial charge in [0.25, 0.3) is 10.2 Å². The minimum atomic E-state index is -3.78. The molecule has 6 nitrogen and oxygen atoms in total. The molecule has 0 aliphatic rings. The van der Waals surface area contributed by atoms with Gasteiger partial charge in [0.15, 0.2) is 0 Å². The van der Waals surface area contributed by atoms with Gasteiger partial charge in [-0.1, -0.05) is 12.1 Å². The Hall–Kier alpha value is -1.51. The van der Waals surface area contributed by atoms with Crippen LogP contribution in [0, 0.1) is 5.82 Å². The normalized spacial score (nSPS) is 13.2. The van der Waals surface area contributed by atoms with Crippen LogP contribution in [0.2, 0.25) is 0 Å². The van der Waals surface area contributed by atoms with E-state index in [0.29, 0.717) is 0 Å². The summed E-state index contributed by atoms with van der Waals surface area (Å²) in [7, 11) is -3.78. The molecule has 0 spiro atoms. The maximum Gasteiger partial charge on any atom is 0.277 e. The summed E-state index contributed by atoms with van der Waals surface area (Å²) in [4.78, 5) is 11.8. The van der Waals surface area contributed by atoms with Crippen LogP contribution in [0.3, 0.4) is 0 Å². The molecule has 0 aliphatic carbocycles. The number of carbonyl (C=O) groups excluding carboxylic acids is 1. The summed E-state index contributed by atoms with van der Waals surface area (Å²) in [6.45, 7) is 4.68. The van der Waals surface area contributed by atoms with Crippen molar-refractivity contribution >= 4 is 21.8 Å². The lowest BCUT2D eigenvalue weighted by Gasteiger charge is -2.16. The largest absolute Gasteiger partial charge is 0.322 e. The van der Waals surface area contributed by atoms with Gasteiger partial charge in [-0.3, -0.25) is 4.79 Å². The fraction of sp³-hybridized carbons (Fsp3) is 0.417. The van der Waals surface area contributed by atoms with E-state index in [1.54, 1.807) is 19.9 Å². The lowest BCUT2D eigenvalue weighted by atomic mass is 10.2. The van der Waals surface area contributed by atoms with E-state index in [-0.39, 0.29) is 11.7 Å². The van der Waals surface area contributed by atoms with Crippen LogP contribution in [0.5, 0.6) is 0 Å². The molecule has 0 heterocycles. The Morgan fingerprint density at radius 1 is 1.15 bits per heavy atom. The van der Waals surface area contributed by atoms with E-state index in [9.17, 15) is 17.6 Å². The number of amides is 1. The van der Waals surface area contributed by atoms with Gasteiger partial charge in [0.1, 0.15) is 5.82 Å². The molecule has 0 radical (unpaired) electrons. The highest BCUT2D eigenvalue weighted by atomic mass is 32.2. The van der Waals surface area contributed by atoms with Gasteiger partial charge in [0, 0.05) is 6.04 Å². The molecule has 0 saturated carbocycles. The smallest absolute Gasteiger partial charge is 0.277 e. The van der Waals surface area contributed by atoms with E-state index in [1.807, 2.05) is 0 Å². The predicted octanol–water partition coefficient (Wildman–Crippen LogP) is 0.985. The molecule has 1 atom stereocenters. The quantitative estimate of drug-likeness (QED) is 0.732. The Morgan fingerprint density at radius 2 is 1.75 bits per heavy atom. The number of halogens is 1. The van der Waals surface area contributed by atoms with E-state index in [4.69, 9.17) is 0 Å². The fourth-order valence-electron chi connectivity index (χ4n) is 1.43. The van der Waals surface area contributed by atoms with Crippen molar-refractivity contribution in [1.29, 1.82) is 0 Å². The molecule has 8 heteroatoms. The third-order valence-electron chi connectivity index (χ3n) is 2.25. The summed E-state index contributed by atoms with van der Waals surface area (Å²) in [6, 6.07) is 4.31. The monoisotopic (exact) mass is 303 g/mol. The van der Waals surface area contributed by atoms with Crippen LogP contribution < -0.4 is 14.8 Å². The molecule has 112 valence electrons. The van der Waals surface area contributed by atoms with Crippen molar-refractivity contribution in [2.45, 2.75) is 32.9 Å². The number of carbonyl (C=O) groups is 1. The standard InChI is InChI=1S/C12H18FN3O3S/c1-8(2)15-20(18,19)16-9(3)12(17)14-11-7-5-4-6-10(11)13/h4-9,15-16H,1-3H3,(H,14,17). The second kappa shape index (κ2) is 6.78. The molecule has 0 aromatic heterocycles. The Labute approximate surface area is 117 Å². The minimum absolute atomic E-state index is 0.000340.